The molecule has 2 unspecified atom stereocenters. The van der Waals surface area contributed by atoms with Crippen LogP contribution in [0.2, 0.25) is 0 Å². The van der Waals surface area contributed by atoms with Crippen molar-refractivity contribution in [1.82, 2.24) is 15.1 Å². The maximum Gasteiger partial charge on any atom is 0.232 e. The number of anilines is 1. The molecule has 0 saturated carbocycles. The third kappa shape index (κ3) is 4.18. The van der Waals surface area contributed by atoms with Gasteiger partial charge >= 0.3 is 0 Å². The zero-order valence-electron chi connectivity index (χ0n) is 16.7. The molecule has 1 aliphatic rings. The Kier molecular flexibility index (Phi) is 5.76. The quantitative estimate of drug-likeness (QED) is 0.659. The van der Waals surface area contributed by atoms with Gasteiger partial charge in [-0.3, -0.25) is 9.59 Å². The molecule has 8 heteroatoms. The zero-order valence-corrected chi connectivity index (χ0v) is 17.6. The van der Waals surface area contributed by atoms with Crippen molar-refractivity contribution < 1.29 is 14.3 Å². The number of methoxy groups -OCH3 is 1. The highest BCUT2D eigenvalue weighted by molar-refractivity contribution is 7.15. The molecule has 2 aromatic carbocycles. The maximum atomic E-state index is 13.0. The summed E-state index contributed by atoms with van der Waals surface area (Å²) < 4.78 is 5.17. The number of hydrogen-bond donors (Lipinski definition) is 1. The summed E-state index contributed by atoms with van der Waals surface area (Å²) >= 11 is 1.34. The number of likely N-dealkylation sites (tertiary alicyclic amines) is 1. The van der Waals surface area contributed by atoms with Gasteiger partial charge in [0.1, 0.15) is 10.8 Å². The summed E-state index contributed by atoms with van der Waals surface area (Å²) in [5.41, 5.74) is 2.03. The predicted octanol–water partition coefficient (Wildman–Crippen LogP) is 3.30. The van der Waals surface area contributed by atoms with Crippen LogP contribution in [-0.2, 0) is 16.0 Å². The second-order valence-electron chi connectivity index (χ2n) is 7.19. The number of hydrogen-bond acceptors (Lipinski definition) is 6. The van der Waals surface area contributed by atoms with E-state index >= 15 is 0 Å². The van der Waals surface area contributed by atoms with Crippen LogP contribution >= 0.6 is 11.3 Å². The predicted molar refractivity (Wildman–Crippen MR) is 114 cm³/mol. The molecule has 3 aromatic rings. The van der Waals surface area contributed by atoms with Gasteiger partial charge in [-0.15, -0.1) is 10.2 Å². The first-order chi connectivity index (χ1) is 14.5. The van der Waals surface area contributed by atoms with Crippen molar-refractivity contribution in [2.45, 2.75) is 18.9 Å². The Bertz CT molecular complexity index is 1040. The number of nitrogens with one attached hydrogen (secondary N) is 1. The molecule has 7 nitrogen and oxygen atoms in total. The summed E-state index contributed by atoms with van der Waals surface area (Å²) in [5, 5.41) is 12.4. The Labute approximate surface area is 178 Å². The fraction of sp³-hybridized carbons (Fsp3) is 0.273. The first-order valence-corrected chi connectivity index (χ1v) is 10.4. The Morgan fingerprint density at radius 2 is 1.90 bits per heavy atom. The maximum absolute atomic E-state index is 13.0. The molecular weight excluding hydrogens is 400 g/mol. The van der Waals surface area contributed by atoms with Gasteiger partial charge in [-0.1, -0.05) is 53.8 Å². The number of ether oxygens (including phenoxy) is 1. The van der Waals surface area contributed by atoms with E-state index in [2.05, 4.69) is 15.5 Å². The van der Waals surface area contributed by atoms with E-state index < -0.39 is 5.92 Å². The third-order valence-corrected chi connectivity index (χ3v) is 6.11. The molecule has 1 N–H and O–H groups in total. The number of rotatable bonds is 6. The van der Waals surface area contributed by atoms with Crippen molar-refractivity contribution in [2.24, 2.45) is 5.92 Å². The zero-order chi connectivity index (χ0) is 21.1. The lowest BCUT2D eigenvalue weighted by molar-refractivity contribution is -0.127. The van der Waals surface area contributed by atoms with E-state index in [-0.39, 0.29) is 24.3 Å². The van der Waals surface area contributed by atoms with Gasteiger partial charge in [-0.25, -0.2) is 0 Å². The average molecular weight is 423 g/mol. The minimum Gasteiger partial charge on any atom is -0.497 e. The van der Waals surface area contributed by atoms with Gasteiger partial charge in [0.2, 0.25) is 16.9 Å². The summed E-state index contributed by atoms with van der Waals surface area (Å²) in [7, 11) is 3.37. The summed E-state index contributed by atoms with van der Waals surface area (Å²) in [5.74, 6) is 0.0713. The molecule has 1 aliphatic heterocycles. The van der Waals surface area contributed by atoms with Crippen LogP contribution < -0.4 is 10.1 Å². The first kappa shape index (κ1) is 20.0. The van der Waals surface area contributed by atoms with E-state index in [4.69, 9.17) is 4.74 Å². The average Bonchev–Trinajstić information content (AvgIpc) is 3.33. The van der Waals surface area contributed by atoms with Gasteiger partial charge in [0.25, 0.3) is 0 Å². The number of carbonyl (C=O) groups is 2. The Hall–Kier alpha value is -3.26. The fourth-order valence-corrected chi connectivity index (χ4v) is 4.48. The SMILES string of the molecule is COc1ccc(Cc2nnc(NC(=O)C3CC(=O)N(C)C3c3ccccc3)s2)cc1. The molecule has 0 spiro atoms. The molecule has 2 atom stereocenters. The molecule has 1 fully saturated rings. The Morgan fingerprint density at radius 3 is 2.60 bits per heavy atom. The van der Waals surface area contributed by atoms with Crippen LogP contribution in [0.15, 0.2) is 54.6 Å². The van der Waals surface area contributed by atoms with Crippen LogP contribution in [0.5, 0.6) is 5.75 Å². The van der Waals surface area contributed by atoms with Crippen LogP contribution in [-0.4, -0.2) is 41.1 Å². The molecule has 2 amide bonds. The van der Waals surface area contributed by atoms with Crippen molar-refractivity contribution in [2.75, 3.05) is 19.5 Å². The van der Waals surface area contributed by atoms with Crippen LogP contribution in [0.1, 0.15) is 28.6 Å². The molecule has 0 radical (unpaired) electrons. The number of benzene rings is 2. The van der Waals surface area contributed by atoms with Gasteiger partial charge < -0.3 is 15.0 Å². The van der Waals surface area contributed by atoms with E-state index in [9.17, 15) is 9.59 Å². The lowest BCUT2D eigenvalue weighted by Gasteiger charge is -2.24. The van der Waals surface area contributed by atoms with Crippen LogP contribution in [0.25, 0.3) is 0 Å². The number of amides is 2. The van der Waals surface area contributed by atoms with Crippen molar-refractivity contribution in [3.05, 3.63) is 70.7 Å². The summed E-state index contributed by atoms with van der Waals surface area (Å²) in [6.45, 7) is 0. The van der Waals surface area contributed by atoms with E-state index in [1.54, 1.807) is 19.1 Å². The topological polar surface area (TPSA) is 84.4 Å². The Balaban J connectivity index is 1.45. The number of carbonyl (C=O) groups excluding carboxylic acids is 2. The highest BCUT2D eigenvalue weighted by atomic mass is 32.1. The normalized spacial score (nSPS) is 18.5. The standard InChI is InChI=1S/C22H22N4O3S/c1-26-19(27)13-17(20(26)15-6-4-3-5-7-15)21(28)23-22-25-24-18(30-22)12-14-8-10-16(29-2)11-9-14/h3-11,17,20H,12-13H2,1-2H3,(H,23,25,28). The van der Waals surface area contributed by atoms with Crippen LogP contribution in [0.4, 0.5) is 5.13 Å². The molecule has 2 heterocycles. The van der Waals surface area contributed by atoms with Gasteiger partial charge in [-0.05, 0) is 23.3 Å². The first-order valence-electron chi connectivity index (χ1n) is 9.62. The summed E-state index contributed by atoms with van der Waals surface area (Å²) in [6.07, 6.45) is 0.800. The molecule has 30 heavy (non-hydrogen) atoms. The fourth-order valence-electron chi connectivity index (χ4n) is 3.70. The molecule has 0 bridgehead atoms. The van der Waals surface area contributed by atoms with E-state index in [1.165, 1.54) is 11.3 Å². The van der Waals surface area contributed by atoms with E-state index in [0.717, 1.165) is 21.9 Å². The largest absolute Gasteiger partial charge is 0.497 e. The second kappa shape index (κ2) is 8.62. The number of nitrogens with zero attached hydrogens (tertiary/aromatic N) is 3. The lowest BCUT2D eigenvalue weighted by atomic mass is 9.93. The summed E-state index contributed by atoms with van der Waals surface area (Å²) in [4.78, 5) is 26.9. The van der Waals surface area contributed by atoms with Crippen molar-refractivity contribution >= 4 is 28.3 Å². The van der Waals surface area contributed by atoms with Gasteiger partial charge in [0.15, 0.2) is 0 Å². The van der Waals surface area contributed by atoms with Gasteiger partial charge in [-0.2, -0.15) is 0 Å². The van der Waals surface area contributed by atoms with Crippen molar-refractivity contribution in [3.63, 3.8) is 0 Å². The van der Waals surface area contributed by atoms with Crippen molar-refractivity contribution in [3.8, 4) is 5.75 Å². The highest BCUT2D eigenvalue weighted by Gasteiger charge is 2.42. The van der Waals surface area contributed by atoms with Gasteiger partial charge in [0, 0.05) is 19.9 Å². The highest BCUT2D eigenvalue weighted by Crippen LogP contribution is 2.37. The van der Waals surface area contributed by atoms with Gasteiger partial charge in [0.05, 0.1) is 19.1 Å². The van der Waals surface area contributed by atoms with Crippen molar-refractivity contribution in [1.29, 1.82) is 0 Å². The molecule has 4 rings (SSSR count). The minimum absolute atomic E-state index is 0.0403. The van der Waals surface area contributed by atoms with Crippen LogP contribution in [0, 0.1) is 5.92 Å². The molecule has 1 aromatic heterocycles. The number of aromatic nitrogens is 2. The molecule has 154 valence electrons. The lowest BCUT2D eigenvalue weighted by Crippen LogP contribution is -2.29. The van der Waals surface area contributed by atoms with E-state index in [0.29, 0.717) is 11.6 Å². The molecular formula is C22H22N4O3S. The summed E-state index contributed by atoms with van der Waals surface area (Å²) in [6, 6.07) is 17.1. The van der Waals surface area contributed by atoms with E-state index in [1.807, 2.05) is 54.6 Å². The Morgan fingerprint density at radius 1 is 1.17 bits per heavy atom. The minimum atomic E-state index is -0.473. The smallest absolute Gasteiger partial charge is 0.232 e. The molecule has 1 saturated heterocycles. The second-order valence-corrected chi connectivity index (χ2v) is 8.25. The van der Waals surface area contributed by atoms with Crippen LogP contribution in [0.3, 0.4) is 0 Å². The molecule has 0 aliphatic carbocycles. The third-order valence-electron chi connectivity index (χ3n) is 5.28. The monoisotopic (exact) mass is 422 g/mol.